The number of carboxylic acids is 1. The van der Waals surface area contributed by atoms with Gasteiger partial charge in [0, 0.05) is 13.1 Å². The number of benzene rings is 1. The average Bonchev–Trinajstić information content (AvgIpc) is 3.27. The molecule has 2 fully saturated rings. The predicted octanol–water partition coefficient (Wildman–Crippen LogP) is 2.87. The van der Waals surface area contributed by atoms with Crippen molar-refractivity contribution in [2.24, 2.45) is 11.3 Å². The molecule has 1 spiro atoms. The maximum absolute atomic E-state index is 12.8. The van der Waals surface area contributed by atoms with E-state index in [1.165, 1.54) is 0 Å². The van der Waals surface area contributed by atoms with Gasteiger partial charge in [-0.2, -0.15) is 0 Å². The van der Waals surface area contributed by atoms with Crippen LogP contribution < -0.4 is 4.74 Å². The van der Waals surface area contributed by atoms with Crippen LogP contribution in [0.5, 0.6) is 5.75 Å². The van der Waals surface area contributed by atoms with Crippen LogP contribution in [0.4, 0.5) is 0 Å². The van der Waals surface area contributed by atoms with Crippen molar-refractivity contribution in [2.45, 2.75) is 45.6 Å². The second-order valence-corrected chi connectivity index (χ2v) is 7.11. The highest BCUT2D eigenvalue weighted by molar-refractivity contribution is 5.81. The summed E-state index contributed by atoms with van der Waals surface area (Å²) in [5.74, 6) is -0.164. The molecule has 2 atom stereocenters. The lowest BCUT2D eigenvalue weighted by molar-refractivity contribution is -0.141. The average molecular weight is 331 g/mol. The molecule has 1 heterocycles. The highest BCUT2D eigenvalue weighted by Gasteiger charge is 2.59. The normalized spacial score (nSPS) is 22.9. The van der Waals surface area contributed by atoms with Gasteiger partial charge in [-0.1, -0.05) is 19.1 Å². The molecule has 3 rings (SSSR count). The molecular formula is C19H25NO4. The standard InChI is InChI=1S/C19H25NO4/c1-3-16(24-14-6-4-5-13(2)11-14)17(21)20-9-7-19(8-10-20)12-15(19)18(22)23/h4-6,11,15-16H,3,7-10,12H2,1-2H3,(H,22,23). The Bertz CT molecular complexity index is 634. The number of carbonyl (C=O) groups is 2. The van der Waals surface area contributed by atoms with Crippen LogP contribution in [0.25, 0.3) is 0 Å². The smallest absolute Gasteiger partial charge is 0.307 e. The van der Waals surface area contributed by atoms with Gasteiger partial charge in [-0.25, -0.2) is 0 Å². The highest BCUT2D eigenvalue weighted by Crippen LogP contribution is 2.59. The Balaban J connectivity index is 1.58. The number of aryl methyl sites for hydroxylation is 1. The number of ether oxygens (including phenoxy) is 1. The molecule has 1 saturated carbocycles. The molecule has 1 aliphatic heterocycles. The summed E-state index contributed by atoms with van der Waals surface area (Å²) >= 11 is 0. The number of hydrogen-bond acceptors (Lipinski definition) is 3. The van der Waals surface area contributed by atoms with E-state index in [9.17, 15) is 9.59 Å². The summed E-state index contributed by atoms with van der Waals surface area (Å²) in [6, 6.07) is 7.72. The minimum atomic E-state index is -0.691. The van der Waals surface area contributed by atoms with E-state index in [2.05, 4.69) is 0 Å². The minimum Gasteiger partial charge on any atom is -0.481 e. The molecule has 1 aromatic carbocycles. The number of carboxylic acid groups (broad SMARTS) is 1. The second-order valence-electron chi connectivity index (χ2n) is 7.11. The van der Waals surface area contributed by atoms with E-state index in [0.717, 1.165) is 30.6 Å². The van der Waals surface area contributed by atoms with E-state index >= 15 is 0 Å². The SMILES string of the molecule is CCC(Oc1cccc(C)c1)C(=O)N1CCC2(CC1)CC2C(=O)O. The summed E-state index contributed by atoms with van der Waals surface area (Å²) in [6.07, 6.45) is 2.48. The van der Waals surface area contributed by atoms with Crippen LogP contribution in [-0.4, -0.2) is 41.1 Å². The molecule has 0 aromatic heterocycles. The molecule has 2 aliphatic rings. The number of likely N-dealkylation sites (tertiary alicyclic amines) is 1. The highest BCUT2D eigenvalue weighted by atomic mass is 16.5. The van der Waals surface area contributed by atoms with Crippen molar-refractivity contribution >= 4 is 11.9 Å². The lowest BCUT2D eigenvalue weighted by Crippen LogP contribution is -2.46. The van der Waals surface area contributed by atoms with Crippen LogP contribution in [0.3, 0.4) is 0 Å². The minimum absolute atomic E-state index is 0.0152. The van der Waals surface area contributed by atoms with E-state index in [-0.39, 0.29) is 17.2 Å². The lowest BCUT2D eigenvalue weighted by Gasteiger charge is -2.34. The van der Waals surface area contributed by atoms with Gasteiger partial charge in [0.05, 0.1) is 5.92 Å². The molecule has 130 valence electrons. The van der Waals surface area contributed by atoms with Crippen LogP contribution in [0, 0.1) is 18.3 Å². The van der Waals surface area contributed by atoms with Gasteiger partial charge >= 0.3 is 5.97 Å². The zero-order valence-corrected chi connectivity index (χ0v) is 14.3. The summed E-state index contributed by atoms with van der Waals surface area (Å²) < 4.78 is 5.90. The van der Waals surface area contributed by atoms with E-state index in [1.54, 1.807) is 0 Å². The Labute approximate surface area is 142 Å². The number of nitrogens with zero attached hydrogens (tertiary/aromatic N) is 1. The first-order valence-corrected chi connectivity index (χ1v) is 8.70. The van der Waals surface area contributed by atoms with Crippen LogP contribution in [0.2, 0.25) is 0 Å². The fourth-order valence-electron chi connectivity index (χ4n) is 3.79. The third-order valence-corrected chi connectivity index (χ3v) is 5.47. The monoisotopic (exact) mass is 331 g/mol. The van der Waals surface area contributed by atoms with Crippen LogP contribution in [-0.2, 0) is 9.59 Å². The quantitative estimate of drug-likeness (QED) is 0.901. The summed E-state index contributed by atoms with van der Waals surface area (Å²) in [6.45, 7) is 5.21. The molecular weight excluding hydrogens is 306 g/mol. The Morgan fingerprint density at radius 1 is 1.38 bits per heavy atom. The van der Waals surface area contributed by atoms with Gasteiger partial charge in [0.1, 0.15) is 5.75 Å². The third kappa shape index (κ3) is 3.25. The molecule has 0 bridgehead atoms. The summed E-state index contributed by atoms with van der Waals surface area (Å²) in [5.41, 5.74) is 1.05. The summed E-state index contributed by atoms with van der Waals surface area (Å²) in [4.78, 5) is 25.7. The van der Waals surface area contributed by atoms with Gasteiger partial charge < -0.3 is 14.7 Å². The Morgan fingerprint density at radius 3 is 2.62 bits per heavy atom. The van der Waals surface area contributed by atoms with E-state index < -0.39 is 12.1 Å². The molecule has 2 unspecified atom stereocenters. The Morgan fingerprint density at radius 2 is 2.08 bits per heavy atom. The zero-order valence-electron chi connectivity index (χ0n) is 14.3. The first kappa shape index (κ1) is 16.8. The molecule has 1 N–H and O–H groups in total. The van der Waals surface area contributed by atoms with Crippen LogP contribution in [0.1, 0.15) is 38.2 Å². The van der Waals surface area contributed by atoms with Gasteiger partial charge in [-0.05, 0) is 55.7 Å². The molecule has 1 aliphatic carbocycles. The second kappa shape index (κ2) is 6.46. The molecule has 5 heteroatoms. The molecule has 1 saturated heterocycles. The number of carbonyl (C=O) groups excluding carboxylic acids is 1. The van der Waals surface area contributed by atoms with Crippen molar-refractivity contribution in [1.29, 1.82) is 0 Å². The van der Waals surface area contributed by atoms with Gasteiger partial charge in [0.2, 0.25) is 0 Å². The summed E-state index contributed by atoms with van der Waals surface area (Å²) in [7, 11) is 0. The maximum atomic E-state index is 12.8. The van der Waals surface area contributed by atoms with E-state index in [1.807, 2.05) is 43.0 Å². The fraction of sp³-hybridized carbons (Fsp3) is 0.579. The van der Waals surface area contributed by atoms with E-state index in [4.69, 9.17) is 9.84 Å². The number of hydrogen-bond donors (Lipinski definition) is 1. The van der Waals surface area contributed by atoms with Gasteiger partial charge in [0.15, 0.2) is 6.10 Å². The maximum Gasteiger partial charge on any atom is 0.307 e. The van der Waals surface area contributed by atoms with Gasteiger partial charge in [0.25, 0.3) is 5.91 Å². The predicted molar refractivity (Wildman–Crippen MR) is 89.9 cm³/mol. The first-order valence-electron chi connectivity index (χ1n) is 8.70. The van der Waals surface area contributed by atoms with Gasteiger partial charge in [-0.3, -0.25) is 9.59 Å². The molecule has 1 aromatic rings. The van der Waals surface area contributed by atoms with Crippen molar-refractivity contribution < 1.29 is 19.4 Å². The van der Waals surface area contributed by atoms with Crippen molar-refractivity contribution in [2.75, 3.05) is 13.1 Å². The largest absolute Gasteiger partial charge is 0.481 e. The Kier molecular flexibility index (Phi) is 4.52. The van der Waals surface area contributed by atoms with E-state index in [0.29, 0.717) is 19.5 Å². The fourth-order valence-corrected chi connectivity index (χ4v) is 3.79. The molecule has 24 heavy (non-hydrogen) atoms. The van der Waals surface area contributed by atoms with Crippen LogP contribution >= 0.6 is 0 Å². The number of aliphatic carboxylic acids is 1. The molecule has 0 radical (unpaired) electrons. The van der Waals surface area contributed by atoms with Crippen molar-refractivity contribution in [1.82, 2.24) is 4.90 Å². The topological polar surface area (TPSA) is 66.8 Å². The number of rotatable bonds is 5. The van der Waals surface area contributed by atoms with Crippen molar-refractivity contribution in [3.8, 4) is 5.75 Å². The number of piperidine rings is 1. The lowest BCUT2D eigenvalue weighted by atomic mass is 9.90. The zero-order chi connectivity index (χ0) is 17.3. The first-order chi connectivity index (χ1) is 11.4. The molecule has 1 amide bonds. The van der Waals surface area contributed by atoms with Crippen molar-refractivity contribution in [3.05, 3.63) is 29.8 Å². The third-order valence-electron chi connectivity index (χ3n) is 5.47. The van der Waals surface area contributed by atoms with Crippen molar-refractivity contribution in [3.63, 3.8) is 0 Å². The summed E-state index contributed by atoms with van der Waals surface area (Å²) in [5, 5.41) is 9.16. The van der Waals surface area contributed by atoms with Gasteiger partial charge in [-0.15, -0.1) is 0 Å². The number of amides is 1. The van der Waals surface area contributed by atoms with Crippen LogP contribution in [0.15, 0.2) is 24.3 Å². The molecule has 5 nitrogen and oxygen atoms in total. The Hall–Kier alpha value is -2.04.